The highest BCUT2D eigenvalue weighted by molar-refractivity contribution is 5.93. The Morgan fingerprint density at radius 2 is 2.17 bits per heavy atom. The van der Waals surface area contributed by atoms with Crippen LogP contribution in [-0.2, 0) is 0 Å². The van der Waals surface area contributed by atoms with Crippen molar-refractivity contribution >= 4 is 29.3 Å². The Balaban J connectivity index is 0.00000208. The highest BCUT2D eigenvalue weighted by Crippen LogP contribution is 2.38. The van der Waals surface area contributed by atoms with Gasteiger partial charge < -0.3 is 20.1 Å². The minimum Gasteiger partial charge on any atom is -0.489 e. The molecule has 1 aliphatic rings. The van der Waals surface area contributed by atoms with Crippen LogP contribution in [0.4, 0.5) is 4.39 Å². The number of fused-ring (bicyclic) bond motifs is 1. The number of nitrogens with two attached hydrogens (primary N) is 1. The number of carboxylic acid groups (broad SMARTS) is 1. The lowest BCUT2D eigenvalue weighted by atomic mass is 10.1. The summed E-state index contributed by atoms with van der Waals surface area (Å²) in [7, 11) is 0. The number of rotatable bonds is 5. The van der Waals surface area contributed by atoms with Gasteiger partial charge in [-0.05, 0) is 25.8 Å². The summed E-state index contributed by atoms with van der Waals surface area (Å²) >= 11 is 0. The first-order chi connectivity index (χ1) is 10.9. The molecule has 1 saturated carbocycles. The predicted molar refractivity (Wildman–Crippen MR) is 89.8 cm³/mol. The largest absolute Gasteiger partial charge is 0.489 e. The summed E-state index contributed by atoms with van der Waals surface area (Å²) in [5.41, 5.74) is 5.03. The van der Waals surface area contributed by atoms with E-state index in [0.29, 0.717) is 5.52 Å². The summed E-state index contributed by atoms with van der Waals surface area (Å²) in [6.45, 7) is 1.88. The first-order valence-corrected chi connectivity index (χ1v) is 7.38. The summed E-state index contributed by atoms with van der Waals surface area (Å²) in [6.07, 6.45) is 3.12. The van der Waals surface area contributed by atoms with Crippen molar-refractivity contribution in [3.63, 3.8) is 0 Å². The van der Waals surface area contributed by atoms with E-state index in [1.807, 2.05) is 0 Å². The fourth-order valence-electron chi connectivity index (χ4n) is 2.49. The van der Waals surface area contributed by atoms with Crippen LogP contribution in [0.5, 0.6) is 5.75 Å². The van der Waals surface area contributed by atoms with E-state index in [4.69, 9.17) is 10.5 Å². The van der Waals surface area contributed by atoms with Gasteiger partial charge in [-0.3, -0.25) is 4.79 Å². The van der Waals surface area contributed by atoms with Gasteiger partial charge in [0.05, 0.1) is 5.52 Å². The number of hydrogen-bond acceptors (Lipinski definition) is 4. The van der Waals surface area contributed by atoms with Crippen LogP contribution in [0.3, 0.4) is 0 Å². The lowest BCUT2D eigenvalue weighted by Gasteiger charge is -2.14. The Hall–Kier alpha value is -2.12. The number of carbonyl (C=O) groups is 1. The fourth-order valence-corrected chi connectivity index (χ4v) is 2.49. The van der Waals surface area contributed by atoms with E-state index in [0.717, 1.165) is 18.9 Å². The zero-order valence-corrected chi connectivity index (χ0v) is 13.8. The molecule has 130 valence electrons. The lowest BCUT2D eigenvalue weighted by Crippen LogP contribution is -2.24. The van der Waals surface area contributed by atoms with E-state index in [1.165, 1.54) is 12.3 Å². The standard InChI is InChI=1S/C16H17FN2O4.ClH/c1-8(18)7-23-14-5-13-10(4-12(14)17)15(20)11(16(21)22)6-19(13)9-2-3-9;/h4-6,8-9H,2-3,7,18H2,1H3,(H,21,22);1H/t8-;/m1./s1. The average Bonchev–Trinajstić information content (AvgIpc) is 3.30. The Labute approximate surface area is 143 Å². The van der Waals surface area contributed by atoms with Crippen molar-refractivity contribution in [3.05, 3.63) is 39.9 Å². The number of hydrogen-bond donors (Lipinski definition) is 2. The molecule has 3 rings (SSSR count). The maximum Gasteiger partial charge on any atom is 0.341 e. The molecule has 1 aliphatic carbocycles. The van der Waals surface area contributed by atoms with E-state index in [1.54, 1.807) is 11.5 Å². The molecule has 2 aromatic rings. The van der Waals surface area contributed by atoms with Crippen LogP contribution in [-0.4, -0.2) is 28.3 Å². The number of pyridine rings is 1. The third-order valence-electron chi connectivity index (χ3n) is 3.76. The van der Waals surface area contributed by atoms with E-state index >= 15 is 0 Å². The molecule has 1 atom stereocenters. The molecule has 6 nitrogen and oxygen atoms in total. The molecule has 0 unspecified atom stereocenters. The van der Waals surface area contributed by atoms with E-state index < -0.39 is 17.2 Å². The van der Waals surface area contributed by atoms with Crippen molar-refractivity contribution in [1.82, 2.24) is 4.57 Å². The molecule has 1 fully saturated rings. The van der Waals surface area contributed by atoms with Gasteiger partial charge in [0, 0.05) is 29.7 Å². The maximum absolute atomic E-state index is 14.2. The Bertz CT molecular complexity index is 846. The summed E-state index contributed by atoms with van der Waals surface area (Å²) in [6, 6.07) is 2.35. The van der Waals surface area contributed by atoms with Crippen LogP contribution in [0.15, 0.2) is 23.1 Å². The molecule has 0 saturated heterocycles. The average molecular weight is 357 g/mol. The van der Waals surface area contributed by atoms with E-state index in [-0.39, 0.29) is 47.8 Å². The molecule has 0 bridgehead atoms. The maximum atomic E-state index is 14.2. The molecule has 1 heterocycles. The monoisotopic (exact) mass is 356 g/mol. The topological polar surface area (TPSA) is 94.6 Å². The van der Waals surface area contributed by atoms with Gasteiger partial charge in [0.2, 0.25) is 5.43 Å². The second-order valence-electron chi connectivity index (χ2n) is 5.90. The Morgan fingerprint density at radius 3 is 2.71 bits per heavy atom. The van der Waals surface area contributed by atoms with Gasteiger partial charge >= 0.3 is 5.97 Å². The molecule has 8 heteroatoms. The number of aromatic carboxylic acids is 1. The van der Waals surface area contributed by atoms with Crippen molar-refractivity contribution < 1.29 is 19.0 Å². The van der Waals surface area contributed by atoms with Gasteiger partial charge in [0.1, 0.15) is 12.2 Å². The molecular weight excluding hydrogens is 339 g/mol. The smallest absolute Gasteiger partial charge is 0.341 e. The lowest BCUT2D eigenvalue weighted by molar-refractivity contribution is 0.0695. The fraction of sp³-hybridized carbons (Fsp3) is 0.375. The first-order valence-electron chi connectivity index (χ1n) is 7.38. The van der Waals surface area contributed by atoms with E-state index in [9.17, 15) is 19.1 Å². The molecule has 24 heavy (non-hydrogen) atoms. The third-order valence-corrected chi connectivity index (χ3v) is 3.76. The number of benzene rings is 1. The highest BCUT2D eigenvalue weighted by atomic mass is 35.5. The molecular formula is C16H18ClFN2O4. The van der Waals surface area contributed by atoms with Crippen molar-refractivity contribution in [1.29, 1.82) is 0 Å². The quantitative estimate of drug-likeness (QED) is 0.857. The van der Waals surface area contributed by atoms with Gasteiger partial charge in [-0.2, -0.15) is 0 Å². The highest BCUT2D eigenvalue weighted by Gasteiger charge is 2.27. The first kappa shape index (κ1) is 18.2. The van der Waals surface area contributed by atoms with Gasteiger partial charge in [-0.15, -0.1) is 12.4 Å². The SMILES string of the molecule is C[C@@H](N)COc1cc2c(cc1F)c(=O)c(C(=O)O)cn2C1CC1.Cl. The van der Waals surface area contributed by atoms with Crippen molar-refractivity contribution in [2.24, 2.45) is 5.73 Å². The number of aromatic nitrogens is 1. The summed E-state index contributed by atoms with van der Waals surface area (Å²) in [5, 5.41) is 9.22. The number of halogens is 2. The molecule has 0 spiro atoms. The second-order valence-corrected chi connectivity index (χ2v) is 5.90. The van der Waals surface area contributed by atoms with E-state index in [2.05, 4.69) is 0 Å². The normalized spacial score (nSPS) is 15.0. The van der Waals surface area contributed by atoms with Crippen LogP contribution < -0.4 is 15.9 Å². The summed E-state index contributed by atoms with van der Waals surface area (Å²) in [5.74, 6) is -2.02. The van der Waals surface area contributed by atoms with Gasteiger partial charge in [0.15, 0.2) is 11.6 Å². The number of carboxylic acids is 1. The van der Waals surface area contributed by atoms with Crippen LogP contribution in [0.25, 0.3) is 10.9 Å². The predicted octanol–water partition coefficient (Wildman–Crippen LogP) is 2.32. The zero-order chi connectivity index (χ0) is 16.7. The minimum atomic E-state index is -1.32. The van der Waals surface area contributed by atoms with Gasteiger partial charge in [-0.25, -0.2) is 9.18 Å². The Morgan fingerprint density at radius 1 is 1.50 bits per heavy atom. The van der Waals surface area contributed by atoms with Crippen molar-refractivity contribution in [3.8, 4) is 5.75 Å². The molecule has 3 N–H and O–H groups in total. The van der Waals surface area contributed by atoms with Gasteiger partial charge in [-0.1, -0.05) is 0 Å². The number of ether oxygens (including phenoxy) is 1. The van der Waals surface area contributed by atoms with Crippen LogP contribution in [0.2, 0.25) is 0 Å². The number of nitrogens with zero attached hydrogens (tertiary/aromatic N) is 1. The van der Waals surface area contributed by atoms with Crippen LogP contribution >= 0.6 is 12.4 Å². The summed E-state index contributed by atoms with van der Waals surface area (Å²) in [4.78, 5) is 23.5. The molecule has 1 aromatic carbocycles. The molecule has 0 amide bonds. The molecule has 0 radical (unpaired) electrons. The van der Waals surface area contributed by atoms with Crippen LogP contribution in [0.1, 0.15) is 36.2 Å². The minimum absolute atomic E-state index is 0. The third kappa shape index (κ3) is 3.37. The van der Waals surface area contributed by atoms with Crippen molar-refractivity contribution in [2.45, 2.75) is 31.8 Å². The van der Waals surface area contributed by atoms with Crippen LogP contribution in [0, 0.1) is 5.82 Å². The van der Waals surface area contributed by atoms with Crippen molar-refractivity contribution in [2.75, 3.05) is 6.61 Å². The second kappa shape index (κ2) is 6.78. The summed E-state index contributed by atoms with van der Waals surface area (Å²) < 4.78 is 21.2. The Kier molecular flexibility index (Phi) is 5.15. The zero-order valence-electron chi connectivity index (χ0n) is 13.0. The molecule has 1 aromatic heterocycles. The van der Waals surface area contributed by atoms with Gasteiger partial charge in [0.25, 0.3) is 0 Å². The molecule has 0 aliphatic heterocycles.